The summed E-state index contributed by atoms with van der Waals surface area (Å²) in [5.74, 6) is -1.47. The fourth-order valence-electron chi connectivity index (χ4n) is 3.57. The maximum atomic E-state index is 13.5. The van der Waals surface area contributed by atoms with Crippen molar-refractivity contribution in [1.82, 2.24) is 14.8 Å². The van der Waals surface area contributed by atoms with Gasteiger partial charge in [0, 0.05) is 16.8 Å². The third-order valence-corrected chi connectivity index (χ3v) is 5.24. The van der Waals surface area contributed by atoms with Crippen molar-refractivity contribution in [3.05, 3.63) is 89.5 Å². The van der Waals surface area contributed by atoms with E-state index in [0.29, 0.717) is 24.3 Å². The number of alkyl halides is 12. The topological polar surface area (TPSA) is 30.7 Å². The Morgan fingerprint density at radius 3 is 1.20 bits per heavy atom. The second kappa shape index (κ2) is 10.5. The average Bonchev–Trinajstić information content (AvgIpc) is 3.26. The normalized spacial score (nSPS) is 13.8. The molecule has 0 unspecified atom stereocenters. The van der Waals surface area contributed by atoms with Crippen LogP contribution >= 0.6 is 0 Å². The van der Waals surface area contributed by atoms with E-state index >= 15 is 0 Å². The third kappa shape index (κ3) is 6.57. The molecular weight excluding hydrogens is 570 g/mol. The van der Waals surface area contributed by atoms with Gasteiger partial charge >= 0.3 is 24.7 Å². The van der Waals surface area contributed by atoms with Crippen LogP contribution in [-0.4, -0.2) is 14.8 Å². The van der Waals surface area contributed by atoms with E-state index in [1.54, 1.807) is 0 Å². The molecule has 2 aromatic carbocycles. The van der Waals surface area contributed by atoms with Crippen LogP contribution in [0.1, 0.15) is 29.2 Å². The summed E-state index contributed by atoms with van der Waals surface area (Å²) >= 11 is 0. The molecule has 0 radical (unpaired) electrons. The maximum absolute atomic E-state index is 13.5. The second-order valence-corrected chi connectivity index (χ2v) is 8.10. The fraction of sp³-hybridized carbons (Fsp3) is 0.200. The van der Waals surface area contributed by atoms with Gasteiger partial charge in [0.25, 0.3) is 0 Å². The molecule has 15 heteroatoms. The van der Waals surface area contributed by atoms with Gasteiger partial charge < -0.3 is 0 Å². The molecule has 1 aromatic heterocycles. The van der Waals surface area contributed by atoms with Crippen LogP contribution in [0.15, 0.2) is 67.3 Å². The third-order valence-electron chi connectivity index (χ3n) is 5.24. The lowest BCUT2D eigenvalue weighted by atomic mass is 10.0. The van der Waals surface area contributed by atoms with Gasteiger partial charge in [-0.25, -0.2) is 0 Å². The molecule has 0 saturated carbocycles. The zero-order chi connectivity index (χ0) is 30.3. The first-order chi connectivity index (χ1) is 18.3. The van der Waals surface area contributed by atoms with E-state index in [9.17, 15) is 52.7 Å². The largest absolute Gasteiger partial charge is 0.416 e. The van der Waals surface area contributed by atoms with E-state index < -0.39 is 69.7 Å². The van der Waals surface area contributed by atoms with Crippen LogP contribution in [0.5, 0.6) is 0 Å². The lowest BCUT2D eigenvalue weighted by Gasteiger charge is -2.17. The minimum atomic E-state index is -5.25. The molecule has 0 bridgehead atoms. The number of benzene rings is 2. The molecule has 0 spiro atoms. The molecule has 3 rings (SSSR count). The molecule has 0 amide bonds. The van der Waals surface area contributed by atoms with Crippen molar-refractivity contribution in [3.8, 4) is 22.8 Å². The molecule has 0 aliphatic carbocycles. The summed E-state index contributed by atoms with van der Waals surface area (Å²) in [7, 11) is 0. The van der Waals surface area contributed by atoms with Crippen molar-refractivity contribution in [2.45, 2.75) is 31.6 Å². The highest BCUT2D eigenvalue weighted by atomic mass is 19.4. The SMILES string of the molecule is C=C/C=C(\C=C/C)n1c(-c2cc(C(F)(F)F)cc(C(F)(F)F)c2)nnc1-c1cc(C(F)(F)F)cc(C(F)(F)F)c1. The minimum Gasteiger partial charge on any atom is -0.275 e. The van der Waals surface area contributed by atoms with E-state index in [4.69, 9.17) is 0 Å². The van der Waals surface area contributed by atoms with Gasteiger partial charge in [0.05, 0.1) is 22.3 Å². The molecule has 0 aliphatic heterocycles. The van der Waals surface area contributed by atoms with Gasteiger partial charge in [0.1, 0.15) is 0 Å². The van der Waals surface area contributed by atoms with Crippen molar-refractivity contribution in [1.29, 1.82) is 0 Å². The Kier molecular flexibility index (Phi) is 8.01. The molecule has 40 heavy (non-hydrogen) atoms. The van der Waals surface area contributed by atoms with E-state index in [1.165, 1.54) is 19.1 Å². The highest BCUT2D eigenvalue weighted by molar-refractivity contribution is 5.75. The zero-order valence-electron chi connectivity index (χ0n) is 19.9. The Morgan fingerprint density at radius 2 is 0.950 bits per heavy atom. The van der Waals surface area contributed by atoms with Gasteiger partial charge in [-0.2, -0.15) is 52.7 Å². The van der Waals surface area contributed by atoms with Crippen molar-refractivity contribution >= 4 is 5.70 Å². The van der Waals surface area contributed by atoms with Crippen LogP contribution in [-0.2, 0) is 24.7 Å². The first-order valence-electron chi connectivity index (χ1n) is 10.8. The molecule has 3 aromatic rings. The molecule has 3 nitrogen and oxygen atoms in total. The highest BCUT2D eigenvalue weighted by Crippen LogP contribution is 2.42. The lowest BCUT2D eigenvalue weighted by molar-refractivity contribution is -0.144. The van der Waals surface area contributed by atoms with Gasteiger partial charge in [0.15, 0.2) is 11.6 Å². The van der Waals surface area contributed by atoms with Crippen LogP contribution in [0.4, 0.5) is 52.7 Å². The van der Waals surface area contributed by atoms with Crippen LogP contribution in [0.25, 0.3) is 28.5 Å². The average molecular weight is 585 g/mol. The smallest absolute Gasteiger partial charge is 0.275 e. The second-order valence-electron chi connectivity index (χ2n) is 8.10. The van der Waals surface area contributed by atoms with Gasteiger partial charge in [-0.3, -0.25) is 4.57 Å². The zero-order valence-corrected chi connectivity index (χ0v) is 19.9. The van der Waals surface area contributed by atoms with Crippen molar-refractivity contribution < 1.29 is 52.7 Å². The first-order valence-corrected chi connectivity index (χ1v) is 10.8. The predicted octanol–water partition coefficient (Wildman–Crippen LogP) is 9.29. The summed E-state index contributed by atoms with van der Waals surface area (Å²) in [5.41, 5.74) is -8.70. The predicted molar refractivity (Wildman–Crippen MR) is 120 cm³/mol. The summed E-state index contributed by atoms with van der Waals surface area (Å²) < 4.78 is 162. The molecule has 0 atom stereocenters. The number of aromatic nitrogens is 3. The number of rotatable bonds is 5. The summed E-state index contributed by atoms with van der Waals surface area (Å²) in [6.07, 6.45) is -16.2. The Bertz CT molecular complexity index is 1310. The van der Waals surface area contributed by atoms with Gasteiger partial charge in [-0.05, 0) is 55.5 Å². The quantitative estimate of drug-likeness (QED) is 0.221. The van der Waals surface area contributed by atoms with Crippen molar-refractivity contribution in [2.75, 3.05) is 0 Å². The standard InChI is InChI=1S/C25H15F12N3/c1-3-5-19(6-4-2)40-20(13-7-15(22(26,27)28)11-16(8-13)23(29,30)31)38-39-21(40)14-9-17(24(32,33)34)12-18(10-14)25(35,36)37/h3-12H,1H2,2H3/b6-4-,19-5+. The van der Waals surface area contributed by atoms with Crippen molar-refractivity contribution in [3.63, 3.8) is 0 Å². The summed E-state index contributed by atoms with van der Waals surface area (Å²) in [6.45, 7) is 4.87. The number of allylic oxidation sites excluding steroid dienone is 5. The van der Waals surface area contributed by atoms with Crippen LogP contribution in [0, 0.1) is 0 Å². The Morgan fingerprint density at radius 1 is 0.625 bits per heavy atom. The number of halogens is 12. The van der Waals surface area contributed by atoms with E-state index in [2.05, 4.69) is 16.8 Å². The molecule has 0 aliphatic rings. The van der Waals surface area contributed by atoms with Crippen LogP contribution in [0.2, 0.25) is 0 Å². The fourth-order valence-corrected chi connectivity index (χ4v) is 3.57. The number of hydrogen-bond donors (Lipinski definition) is 0. The Labute approximate surface area is 217 Å². The maximum Gasteiger partial charge on any atom is 0.416 e. The lowest BCUT2D eigenvalue weighted by Crippen LogP contribution is -2.12. The molecule has 0 fully saturated rings. The minimum absolute atomic E-state index is 0.149. The summed E-state index contributed by atoms with van der Waals surface area (Å²) in [5, 5.41) is 7.17. The molecule has 1 heterocycles. The molecule has 0 N–H and O–H groups in total. The summed E-state index contributed by atoms with van der Waals surface area (Å²) in [6, 6.07) is 0.893. The van der Waals surface area contributed by atoms with Gasteiger partial charge in [-0.1, -0.05) is 18.7 Å². The number of nitrogens with zero attached hydrogens (tertiary/aromatic N) is 3. The monoisotopic (exact) mass is 585 g/mol. The Balaban J connectivity index is 2.48. The molecule has 0 saturated heterocycles. The summed E-state index contributed by atoms with van der Waals surface area (Å²) in [4.78, 5) is 0. The highest BCUT2D eigenvalue weighted by Gasteiger charge is 2.39. The van der Waals surface area contributed by atoms with Gasteiger partial charge in [-0.15, -0.1) is 10.2 Å². The first kappa shape index (κ1) is 30.5. The molecular formula is C25H15F12N3. The van der Waals surface area contributed by atoms with Crippen LogP contribution < -0.4 is 0 Å². The van der Waals surface area contributed by atoms with E-state index in [0.717, 1.165) is 16.7 Å². The van der Waals surface area contributed by atoms with Crippen molar-refractivity contribution in [2.24, 2.45) is 0 Å². The Hall–Kier alpha value is -4.04. The molecule has 214 valence electrons. The van der Waals surface area contributed by atoms with E-state index in [-0.39, 0.29) is 17.8 Å². The number of hydrogen-bond acceptors (Lipinski definition) is 2. The van der Waals surface area contributed by atoms with E-state index in [1.807, 2.05) is 0 Å². The van der Waals surface area contributed by atoms with Crippen LogP contribution in [0.3, 0.4) is 0 Å². The van der Waals surface area contributed by atoms with Gasteiger partial charge in [0.2, 0.25) is 0 Å².